The predicted octanol–water partition coefficient (Wildman–Crippen LogP) is 3.58. The normalized spacial score (nSPS) is 18.3. The molecular weight excluding hydrogens is 426 g/mol. The molecule has 2 aromatic heterocycles. The Balaban J connectivity index is 1.70. The lowest BCUT2D eigenvalue weighted by Crippen LogP contribution is -2.34. The molecule has 1 saturated heterocycles. The Morgan fingerprint density at radius 2 is 2.12 bits per heavy atom. The molecule has 0 spiro atoms. The molecule has 0 radical (unpaired) electrons. The van der Waals surface area contributed by atoms with Gasteiger partial charge in [-0.1, -0.05) is 12.6 Å². The van der Waals surface area contributed by atoms with E-state index in [-0.39, 0.29) is 11.9 Å². The lowest BCUT2D eigenvalue weighted by molar-refractivity contribution is 0.0996. The fourth-order valence-corrected chi connectivity index (χ4v) is 4.64. The van der Waals surface area contributed by atoms with Crippen molar-refractivity contribution in [2.75, 3.05) is 30.9 Å². The van der Waals surface area contributed by atoms with Gasteiger partial charge in [0.1, 0.15) is 17.3 Å². The van der Waals surface area contributed by atoms with Crippen LogP contribution in [0.15, 0.2) is 41.5 Å². The quantitative estimate of drug-likeness (QED) is 0.524. The minimum Gasteiger partial charge on any atom is -0.357 e. The van der Waals surface area contributed by atoms with Crippen LogP contribution in [0.25, 0.3) is 0 Å². The summed E-state index contributed by atoms with van der Waals surface area (Å²) in [7, 11) is 5.68. The van der Waals surface area contributed by atoms with E-state index in [0.717, 1.165) is 47.1 Å². The molecule has 2 aliphatic heterocycles. The third-order valence-electron chi connectivity index (χ3n) is 6.78. The second-order valence-electron chi connectivity index (χ2n) is 9.33. The largest absolute Gasteiger partial charge is 0.357 e. The van der Waals surface area contributed by atoms with Gasteiger partial charge < -0.3 is 15.1 Å². The Bertz CT molecular complexity index is 1140. The fourth-order valence-electron chi connectivity index (χ4n) is 4.64. The molecule has 1 fully saturated rings. The molecule has 0 saturated carbocycles. The van der Waals surface area contributed by atoms with Crippen LogP contribution in [0.4, 0.5) is 11.6 Å². The zero-order valence-electron chi connectivity index (χ0n) is 21.1. The van der Waals surface area contributed by atoms with E-state index in [9.17, 15) is 4.79 Å². The second kappa shape index (κ2) is 9.54. The van der Waals surface area contributed by atoms with Crippen LogP contribution < -0.4 is 15.1 Å². The molecule has 4 heterocycles. The summed E-state index contributed by atoms with van der Waals surface area (Å²) >= 11 is 0. The maximum Gasteiger partial charge on any atom is 0.260 e. The number of pyridine rings is 2. The van der Waals surface area contributed by atoms with E-state index in [1.165, 1.54) is 0 Å². The van der Waals surface area contributed by atoms with Gasteiger partial charge in [0.05, 0.1) is 17.8 Å². The summed E-state index contributed by atoms with van der Waals surface area (Å²) in [5.74, 6) is 2.16. The lowest BCUT2D eigenvalue weighted by Gasteiger charge is -2.26. The van der Waals surface area contributed by atoms with E-state index < -0.39 is 0 Å². The summed E-state index contributed by atoms with van der Waals surface area (Å²) in [5, 5.41) is 3.19. The number of allylic oxidation sites excluding steroid dienone is 1. The molecule has 1 amide bonds. The number of anilines is 2. The predicted molar refractivity (Wildman–Crippen MR) is 137 cm³/mol. The van der Waals surface area contributed by atoms with Crippen molar-refractivity contribution in [3.8, 4) is 0 Å². The molecule has 0 bridgehead atoms. The number of amides is 1. The molecule has 8 heteroatoms. The van der Waals surface area contributed by atoms with Crippen LogP contribution in [0.1, 0.15) is 60.9 Å². The van der Waals surface area contributed by atoms with Gasteiger partial charge in [0.25, 0.3) is 5.91 Å². The fraction of sp³-hybridized carbons (Fsp3) is 0.462. The van der Waals surface area contributed by atoms with Gasteiger partial charge in [-0.15, -0.1) is 0 Å². The number of aliphatic imine (C=N–C) groups is 1. The van der Waals surface area contributed by atoms with Gasteiger partial charge in [0.2, 0.25) is 0 Å². The van der Waals surface area contributed by atoms with E-state index in [0.29, 0.717) is 30.5 Å². The topological polar surface area (TPSA) is 77.0 Å². The Hall–Kier alpha value is -3.26. The summed E-state index contributed by atoms with van der Waals surface area (Å²) in [4.78, 5) is 33.9. The highest BCUT2D eigenvalue weighted by Gasteiger charge is 2.34. The highest BCUT2D eigenvalue weighted by atomic mass is 16.2. The number of nitrogens with zero attached hydrogens (tertiary/aromatic N) is 6. The van der Waals surface area contributed by atoms with E-state index in [1.807, 2.05) is 38.4 Å². The molecule has 2 aromatic rings. The average Bonchev–Trinajstić information content (AvgIpc) is 3.33. The van der Waals surface area contributed by atoms with Crippen LogP contribution in [0.2, 0.25) is 0 Å². The van der Waals surface area contributed by atoms with Gasteiger partial charge in [-0.3, -0.25) is 14.7 Å². The number of rotatable bonds is 6. The number of likely N-dealkylation sites (tertiary alicyclic amines) is 1. The molecule has 0 aromatic carbocycles. The highest BCUT2D eigenvalue weighted by Crippen LogP contribution is 2.33. The van der Waals surface area contributed by atoms with Crippen molar-refractivity contribution in [1.82, 2.24) is 20.2 Å². The number of amidine groups is 1. The number of hydrogen-bond donors (Lipinski definition) is 1. The van der Waals surface area contributed by atoms with Crippen LogP contribution >= 0.6 is 0 Å². The number of nitrogens with one attached hydrogen (secondary N) is 1. The van der Waals surface area contributed by atoms with Gasteiger partial charge in [0, 0.05) is 44.0 Å². The number of aromatic nitrogens is 2. The van der Waals surface area contributed by atoms with E-state index >= 15 is 0 Å². The number of carbonyl (C=O) groups is 1. The van der Waals surface area contributed by atoms with Crippen LogP contribution in [-0.4, -0.2) is 59.8 Å². The first-order valence-electron chi connectivity index (χ1n) is 11.9. The van der Waals surface area contributed by atoms with Gasteiger partial charge >= 0.3 is 0 Å². The molecule has 1 N–H and O–H groups in total. The van der Waals surface area contributed by atoms with Gasteiger partial charge in [-0.2, -0.15) is 0 Å². The Morgan fingerprint density at radius 3 is 2.74 bits per heavy atom. The summed E-state index contributed by atoms with van der Waals surface area (Å²) in [5.41, 5.74) is 4.34. The first kappa shape index (κ1) is 23.9. The monoisotopic (exact) mass is 461 g/mol. The van der Waals surface area contributed by atoms with Crippen molar-refractivity contribution in [3.63, 3.8) is 0 Å². The summed E-state index contributed by atoms with van der Waals surface area (Å²) in [6, 6.07) is 8.27. The summed E-state index contributed by atoms with van der Waals surface area (Å²) in [6.45, 7) is 11.7. The Labute approximate surface area is 202 Å². The van der Waals surface area contributed by atoms with E-state index in [1.54, 1.807) is 11.9 Å². The van der Waals surface area contributed by atoms with Crippen LogP contribution in [0.5, 0.6) is 0 Å². The molecule has 34 heavy (non-hydrogen) atoms. The average molecular weight is 462 g/mol. The molecule has 2 aliphatic rings. The van der Waals surface area contributed by atoms with E-state index in [4.69, 9.17) is 9.97 Å². The highest BCUT2D eigenvalue weighted by molar-refractivity contribution is 6.10. The zero-order chi connectivity index (χ0) is 24.6. The number of hydrogen-bond acceptors (Lipinski definition) is 6. The van der Waals surface area contributed by atoms with E-state index in [2.05, 4.69) is 47.5 Å². The minimum absolute atomic E-state index is 0.0493. The molecular formula is C26H35N7O. The third kappa shape index (κ3) is 4.18. The van der Waals surface area contributed by atoms with Crippen LogP contribution in [0, 0.1) is 0 Å². The van der Waals surface area contributed by atoms with Crippen molar-refractivity contribution in [1.29, 1.82) is 0 Å². The van der Waals surface area contributed by atoms with Crippen molar-refractivity contribution in [2.45, 2.75) is 58.8 Å². The molecule has 0 unspecified atom stereocenters. The first-order chi connectivity index (χ1) is 16.3. The smallest absolute Gasteiger partial charge is 0.260 e. The zero-order valence-corrected chi connectivity index (χ0v) is 21.1. The number of carbonyl (C=O) groups excluding carboxylic acids is 1. The summed E-state index contributed by atoms with van der Waals surface area (Å²) < 4.78 is 0. The van der Waals surface area contributed by atoms with Crippen LogP contribution in [-0.2, 0) is 13.1 Å². The van der Waals surface area contributed by atoms with Gasteiger partial charge in [-0.25, -0.2) is 9.97 Å². The van der Waals surface area contributed by atoms with Crippen molar-refractivity contribution in [2.24, 2.45) is 4.99 Å². The maximum atomic E-state index is 13.6. The SMILES string of the molecule is C=C1CC[C@H](C)N1C(=NC)c1cccc(N2Cc3c(cc(N(C)C(C)C)nc3CNC)C2=O)n1. The minimum atomic E-state index is -0.0493. The van der Waals surface area contributed by atoms with Crippen LogP contribution in [0.3, 0.4) is 0 Å². The Kier molecular flexibility index (Phi) is 6.70. The molecule has 1 atom stereocenters. The second-order valence-corrected chi connectivity index (χ2v) is 9.33. The molecule has 4 rings (SSSR count). The van der Waals surface area contributed by atoms with Crippen molar-refractivity contribution in [3.05, 3.63) is 59.1 Å². The van der Waals surface area contributed by atoms with Gasteiger partial charge in [-0.05, 0) is 58.9 Å². The molecule has 180 valence electrons. The molecule has 8 nitrogen and oxygen atoms in total. The lowest BCUT2D eigenvalue weighted by atomic mass is 10.1. The standard InChI is InChI=1S/C26H35N7O/c1-16(2)31(7)24-13-19-20(22(30-24)14-27-5)15-32(26(19)34)23-10-8-9-21(29-23)25(28-6)33-17(3)11-12-18(33)4/h8-10,13,16,18,27H,3,11-12,14-15H2,1-2,4-7H3/t18-/m0/s1. The van der Waals surface area contributed by atoms with Crippen molar-refractivity contribution >= 4 is 23.4 Å². The molecule has 0 aliphatic carbocycles. The number of fused-ring (bicyclic) bond motifs is 1. The third-order valence-corrected chi connectivity index (χ3v) is 6.78. The summed E-state index contributed by atoms with van der Waals surface area (Å²) in [6.07, 6.45) is 2.00. The first-order valence-corrected chi connectivity index (χ1v) is 11.9. The maximum absolute atomic E-state index is 13.6. The van der Waals surface area contributed by atoms with Crippen molar-refractivity contribution < 1.29 is 4.79 Å². The Morgan fingerprint density at radius 1 is 1.35 bits per heavy atom. The van der Waals surface area contributed by atoms with Gasteiger partial charge in [0.15, 0.2) is 5.84 Å².